The molecule has 1 nitrogen and oxygen atoms in total. The van der Waals surface area contributed by atoms with Crippen LogP contribution < -0.4 is 4.74 Å². The van der Waals surface area contributed by atoms with Crippen molar-refractivity contribution in [2.45, 2.75) is 12.8 Å². The van der Waals surface area contributed by atoms with E-state index in [1.54, 1.807) is 54.6 Å². The van der Waals surface area contributed by atoms with Crippen molar-refractivity contribution < 1.29 is 13.5 Å². The quantitative estimate of drug-likeness (QED) is 0.258. The molecule has 0 saturated carbocycles. The minimum atomic E-state index is -0.401. The van der Waals surface area contributed by atoms with Gasteiger partial charge in [-0.3, -0.25) is 0 Å². The van der Waals surface area contributed by atoms with E-state index in [0.717, 1.165) is 29.4 Å². The number of aryl methyl sites for hydroxylation is 1. The smallest absolute Gasteiger partial charge is 0.138 e. The van der Waals surface area contributed by atoms with Crippen molar-refractivity contribution in [1.82, 2.24) is 0 Å². The average molecular weight is 427 g/mol. The number of allylic oxidation sites excluding steroid dienone is 1. The van der Waals surface area contributed by atoms with Crippen LogP contribution in [0.25, 0.3) is 33.0 Å². The molecular weight excluding hydrogens is 402 g/mol. The van der Waals surface area contributed by atoms with Crippen LogP contribution in [0.5, 0.6) is 5.75 Å². The van der Waals surface area contributed by atoms with Crippen molar-refractivity contribution in [2.24, 2.45) is 0 Å². The summed E-state index contributed by atoms with van der Waals surface area (Å²) in [5.41, 5.74) is 3.21. The van der Waals surface area contributed by atoms with Gasteiger partial charge in [0.15, 0.2) is 0 Å². The molecule has 0 aliphatic heterocycles. The Morgan fingerprint density at radius 2 is 1.50 bits per heavy atom. The van der Waals surface area contributed by atoms with Gasteiger partial charge in [0.05, 0.1) is 0 Å². The van der Waals surface area contributed by atoms with E-state index in [1.807, 2.05) is 24.3 Å². The lowest BCUT2D eigenvalue weighted by Crippen LogP contribution is -1.93. The van der Waals surface area contributed by atoms with Crippen LogP contribution >= 0.6 is 0 Å². The van der Waals surface area contributed by atoms with E-state index >= 15 is 4.39 Å². The standard InChI is InChI=1S/C29H24F2O/c1-3-5-6-20-7-14-26-22(18-20)11-16-27(29(26)31)23-10-15-25(28(30)19-23)21-8-12-24(13-9-21)32-17-4-2/h3-4,7-16,18-19H,1-2,5-6,17H2. The molecule has 0 aromatic heterocycles. The largest absolute Gasteiger partial charge is 0.490 e. The third kappa shape index (κ3) is 4.47. The summed E-state index contributed by atoms with van der Waals surface area (Å²) in [6, 6.07) is 21.4. The van der Waals surface area contributed by atoms with Gasteiger partial charge in [-0.2, -0.15) is 0 Å². The molecule has 0 bridgehead atoms. The first-order valence-corrected chi connectivity index (χ1v) is 10.6. The summed E-state index contributed by atoms with van der Waals surface area (Å²) in [4.78, 5) is 0. The van der Waals surface area contributed by atoms with E-state index in [1.165, 1.54) is 6.07 Å². The van der Waals surface area contributed by atoms with E-state index in [4.69, 9.17) is 4.74 Å². The van der Waals surface area contributed by atoms with Crippen molar-refractivity contribution in [3.05, 3.63) is 115 Å². The fourth-order valence-corrected chi connectivity index (χ4v) is 3.79. The first kappa shape index (κ1) is 21.5. The molecule has 4 rings (SSSR count). The summed E-state index contributed by atoms with van der Waals surface area (Å²) in [6.07, 6.45) is 5.29. The van der Waals surface area contributed by atoms with Crippen molar-refractivity contribution >= 4 is 10.8 Å². The van der Waals surface area contributed by atoms with Gasteiger partial charge in [-0.25, -0.2) is 8.78 Å². The maximum Gasteiger partial charge on any atom is 0.138 e. The van der Waals surface area contributed by atoms with Crippen LogP contribution in [0.4, 0.5) is 8.78 Å². The molecular formula is C29H24F2O. The van der Waals surface area contributed by atoms with E-state index in [-0.39, 0.29) is 5.82 Å². The van der Waals surface area contributed by atoms with Crippen LogP contribution in [-0.4, -0.2) is 6.61 Å². The molecule has 4 aromatic rings. The Balaban J connectivity index is 1.64. The third-order valence-corrected chi connectivity index (χ3v) is 5.47. The number of rotatable bonds is 8. The Morgan fingerprint density at radius 3 is 2.22 bits per heavy atom. The average Bonchev–Trinajstić information content (AvgIpc) is 2.82. The lowest BCUT2D eigenvalue weighted by Gasteiger charge is -2.11. The number of fused-ring (bicyclic) bond motifs is 1. The molecule has 0 saturated heterocycles. The molecule has 0 spiro atoms. The van der Waals surface area contributed by atoms with Crippen molar-refractivity contribution in [1.29, 1.82) is 0 Å². The van der Waals surface area contributed by atoms with E-state index in [9.17, 15) is 4.39 Å². The van der Waals surface area contributed by atoms with Crippen LogP contribution in [0.2, 0.25) is 0 Å². The summed E-state index contributed by atoms with van der Waals surface area (Å²) in [6.45, 7) is 7.78. The topological polar surface area (TPSA) is 9.23 Å². The molecule has 0 aliphatic rings. The molecule has 160 valence electrons. The number of halogens is 2. The fraction of sp³-hybridized carbons (Fsp3) is 0.103. The Labute approximate surface area is 187 Å². The Hall–Kier alpha value is -3.72. The normalized spacial score (nSPS) is 10.8. The maximum absolute atomic E-state index is 15.3. The van der Waals surface area contributed by atoms with Gasteiger partial charge in [0.25, 0.3) is 0 Å². The van der Waals surface area contributed by atoms with Crippen LogP contribution in [0.3, 0.4) is 0 Å². The molecule has 3 heteroatoms. The summed E-state index contributed by atoms with van der Waals surface area (Å²) in [7, 11) is 0. The monoisotopic (exact) mass is 426 g/mol. The minimum absolute atomic E-state index is 0.339. The minimum Gasteiger partial charge on any atom is -0.490 e. The highest BCUT2D eigenvalue weighted by atomic mass is 19.1. The van der Waals surface area contributed by atoms with Gasteiger partial charge in [0.2, 0.25) is 0 Å². The molecule has 0 fully saturated rings. The lowest BCUT2D eigenvalue weighted by molar-refractivity contribution is 0.363. The Bertz CT molecular complexity index is 1270. The molecule has 4 aromatic carbocycles. The van der Waals surface area contributed by atoms with Crippen LogP contribution in [0, 0.1) is 11.6 Å². The zero-order chi connectivity index (χ0) is 22.5. The first-order chi connectivity index (χ1) is 15.6. The number of hydrogen-bond acceptors (Lipinski definition) is 1. The second kappa shape index (κ2) is 9.61. The van der Waals surface area contributed by atoms with Gasteiger partial charge in [0, 0.05) is 16.5 Å². The zero-order valence-corrected chi connectivity index (χ0v) is 17.8. The van der Waals surface area contributed by atoms with Crippen LogP contribution in [0.1, 0.15) is 12.0 Å². The molecule has 0 amide bonds. The summed E-state index contributed by atoms with van der Waals surface area (Å²) in [5, 5.41) is 1.37. The predicted octanol–water partition coefficient (Wildman–Crippen LogP) is 8.14. The highest BCUT2D eigenvalue weighted by molar-refractivity contribution is 5.89. The number of ether oxygens (including phenoxy) is 1. The molecule has 0 N–H and O–H groups in total. The second-order valence-electron chi connectivity index (χ2n) is 7.63. The summed E-state index contributed by atoms with van der Waals surface area (Å²) in [5.74, 6) is -0.0493. The van der Waals surface area contributed by atoms with Gasteiger partial charge in [0.1, 0.15) is 24.0 Å². The van der Waals surface area contributed by atoms with Crippen molar-refractivity contribution in [3.8, 4) is 28.0 Å². The SMILES string of the molecule is C=CCCc1ccc2c(F)c(-c3ccc(-c4ccc(OCC=C)cc4)c(F)c3)ccc2c1. The van der Waals surface area contributed by atoms with Gasteiger partial charge >= 0.3 is 0 Å². The molecule has 0 heterocycles. The highest BCUT2D eigenvalue weighted by Gasteiger charge is 2.13. The van der Waals surface area contributed by atoms with Gasteiger partial charge in [-0.1, -0.05) is 73.3 Å². The Kier molecular flexibility index (Phi) is 6.46. The molecule has 0 aliphatic carbocycles. The van der Waals surface area contributed by atoms with E-state index in [0.29, 0.717) is 34.4 Å². The fourth-order valence-electron chi connectivity index (χ4n) is 3.79. The summed E-state index contributed by atoms with van der Waals surface area (Å²) >= 11 is 0. The predicted molar refractivity (Wildman–Crippen MR) is 129 cm³/mol. The zero-order valence-electron chi connectivity index (χ0n) is 17.8. The third-order valence-electron chi connectivity index (χ3n) is 5.47. The maximum atomic E-state index is 15.3. The molecule has 0 unspecified atom stereocenters. The number of hydrogen-bond donors (Lipinski definition) is 0. The van der Waals surface area contributed by atoms with Gasteiger partial charge in [-0.05, 0) is 53.1 Å². The van der Waals surface area contributed by atoms with Crippen molar-refractivity contribution in [3.63, 3.8) is 0 Å². The summed E-state index contributed by atoms with van der Waals surface area (Å²) < 4.78 is 35.7. The van der Waals surface area contributed by atoms with Gasteiger partial charge < -0.3 is 4.74 Å². The molecule has 0 radical (unpaired) electrons. The van der Waals surface area contributed by atoms with E-state index < -0.39 is 5.82 Å². The lowest BCUT2D eigenvalue weighted by atomic mass is 9.96. The molecule has 32 heavy (non-hydrogen) atoms. The van der Waals surface area contributed by atoms with E-state index in [2.05, 4.69) is 13.2 Å². The van der Waals surface area contributed by atoms with Crippen LogP contribution in [0.15, 0.2) is 98.1 Å². The number of benzene rings is 4. The molecule has 0 atom stereocenters. The highest BCUT2D eigenvalue weighted by Crippen LogP contribution is 2.33. The first-order valence-electron chi connectivity index (χ1n) is 10.6. The van der Waals surface area contributed by atoms with Crippen molar-refractivity contribution in [2.75, 3.05) is 6.61 Å². The Morgan fingerprint density at radius 1 is 0.750 bits per heavy atom. The second-order valence-corrected chi connectivity index (χ2v) is 7.63. The van der Waals surface area contributed by atoms with Crippen LogP contribution in [-0.2, 0) is 6.42 Å². The van der Waals surface area contributed by atoms with Gasteiger partial charge in [-0.15, -0.1) is 6.58 Å².